The number of rotatable bonds is 6. The summed E-state index contributed by atoms with van der Waals surface area (Å²) in [5.74, 6) is 1.55. The summed E-state index contributed by atoms with van der Waals surface area (Å²) in [7, 11) is 1.84. The van der Waals surface area contributed by atoms with Crippen LogP contribution in [0.3, 0.4) is 0 Å². The van der Waals surface area contributed by atoms with E-state index in [4.69, 9.17) is 9.47 Å². The van der Waals surface area contributed by atoms with Crippen LogP contribution in [-0.4, -0.2) is 38.8 Å². The number of ether oxygens (including phenoxy) is 2. The van der Waals surface area contributed by atoms with E-state index in [2.05, 4.69) is 5.32 Å². The minimum Gasteiger partial charge on any atom is -0.486 e. The van der Waals surface area contributed by atoms with E-state index in [0.29, 0.717) is 26.1 Å². The summed E-state index contributed by atoms with van der Waals surface area (Å²) in [4.78, 5) is 14.4. The van der Waals surface area contributed by atoms with Crippen molar-refractivity contribution < 1.29 is 14.3 Å². The van der Waals surface area contributed by atoms with Crippen LogP contribution in [0, 0.1) is 0 Å². The number of carbonyl (C=O) groups is 1. The van der Waals surface area contributed by atoms with Gasteiger partial charge in [0.05, 0.1) is 6.54 Å². The van der Waals surface area contributed by atoms with Crippen molar-refractivity contribution >= 4 is 11.6 Å². The molecular formula is C19H22N2O3. The predicted octanol–water partition coefficient (Wildman–Crippen LogP) is 2.47. The first-order valence-corrected chi connectivity index (χ1v) is 8.16. The lowest BCUT2D eigenvalue weighted by atomic mass is 10.2. The van der Waals surface area contributed by atoms with Crippen LogP contribution >= 0.6 is 0 Å². The molecular weight excluding hydrogens is 304 g/mol. The molecule has 0 radical (unpaired) electrons. The Bertz CT molecular complexity index is 675. The van der Waals surface area contributed by atoms with E-state index in [-0.39, 0.29) is 12.0 Å². The first-order valence-electron chi connectivity index (χ1n) is 8.16. The molecule has 1 aliphatic rings. The van der Waals surface area contributed by atoms with Gasteiger partial charge < -0.3 is 19.7 Å². The highest BCUT2D eigenvalue weighted by molar-refractivity contribution is 5.93. The molecule has 3 rings (SSSR count). The second-order valence-electron chi connectivity index (χ2n) is 5.69. The minimum absolute atomic E-state index is 0.0676. The molecule has 0 bridgehead atoms. The molecule has 0 aromatic heterocycles. The van der Waals surface area contributed by atoms with Crippen molar-refractivity contribution in [1.29, 1.82) is 0 Å². The molecule has 2 aromatic carbocycles. The molecule has 126 valence electrons. The van der Waals surface area contributed by atoms with E-state index in [1.54, 1.807) is 4.90 Å². The molecule has 5 nitrogen and oxygen atoms in total. The lowest BCUT2D eigenvalue weighted by Crippen LogP contribution is -2.44. The Morgan fingerprint density at radius 2 is 1.83 bits per heavy atom. The Morgan fingerprint density at radius 1 is 1.12 bits per heavy atom. The predicted molar refractivity (Wildman–Crippen MR) is 93.7 cm³/mol. The summed E-state index contributed by atoms with van der Waals surface area (Å²) in [5, 5.41) is 3.02. The average Bonchev–Trinajstić information content (AvgIpc) is 2.64. The van der Waals surface area contributed by atoms with E-state index in [1.807, 2.05) is 61.6 Å². The quantitative estimate of drug-likeness (QED) is 0.886. The highest BCUT2D eigenvalue weighted by Crippen LogP contribution is 2.31. The topological polar surface area (TPSA) is 50.8 Å². The van der Waals surface area contributed by atoms with Crippen molar-refractivity contribution in [3.05, 3.63) is 54.6 Å². The second-order valence-corrected chi connectivity index (χ2v) is 5.69. The van der Waals surface area contributed by atoms with Crippen LogP contribution in [0.5, 0.6) is 11.5 Å². The molecule has 1 aliphatic heterocycles. The average molecular weight is 326 g/mol. The maximum Gasteiger partial charge on any atom is 0.228 e. The van der Waals surface area contributed by atoms with Gasteiger partial charge >= 0.3 is 0 Å². The monoisotopic (exact) mass is 326 g/mol. The number of para-hydroxylation sites is 3. The van der Waals surface area contributed by atoms with Gasteiger partial charge in [0.25, 0.3) is 0 Å². The Labute approximate surface area is 142 Å². The standard InChI is InChI=1S/C19H22N2O3/c1-20-12-11-19(22)21(15-7-3-2-4-8-15)13-16-14-23-17-9-5-6-10-18(17)24-16/h2-10,16,20H,11-14H2,1H3. The van der Waals surface area contributed by atoms with Gasteiger partial charge in [-0.2, -0.15) is 0 Å². The van der Waals surface area contributed by atoms with Crippen molar-refractivity contribution in [2.24, 2.45) is 0 Å². The highest BCUT2D eigenvalue weighted by atomic mass is 16.6. The number of fused-ring (bicyclic) bond motifs is 1. The number of benzene rings is 2. The number of hydrogen-bond donors (Lipinski definition) is 1. The Hall–Kier alpha value is -2.53. The Morgan fingerprint density at radius 3 is 2.58 bits per heavy atom. The van der Waals surface area contributed by atoms with Gasteiger partial charge in [-0.1, -0.05) is 30.3 Å². The third-order valence-electron chi connectivity index (χ3n) is 3.91. The lowest BCUT2D eigenvalue weighted by molar-refractivity contribution is -0.118. The zero-order chi connectivity index (χ0) is 16.8. The van der Waals surface area contributed by atoms with E-state index >= 15 is 0 Å². The molecule has 5 heteroatoms. The third-order valence-corrected chi connectivity index (χ3v) is 3.91. The number of carbonyl (C=O) groups excluding carboxylic acids is 1. The summed E-state index contributed by atoms with van der Waals surface area (Å²) < 4.78 is 11.8. The van der Waals surface area contributed by atoms with E-state index in [9.17, 15) is 4.79 Å². The van der Waals surface area contributed by atoms with Gasteiger partial charge in [-0.3, -0.25) is 4.79 Å². The fourth-order valence-corrected chi connectivity index (χ4v) is 2.68. The van der Waals surface area contributed by atoms with Gasteiger partial charge in [0, 0.05) is 18.7 Å². The van der Waals surface area contributed by atoms with Crippen LogP contribution in [0.4, 0.5) is 5.69 Å². The van der Waals surface area contributed by atoms with Crippen molar-refractivity contribution in [3.8, 4) is 11.5 Å². The Kier molecular flexibility index (Phi) is 5.33. The highest BCUT2D eigenvalue weighted by Gasteiger charge is 2.26. The molecule has 1 heterocycles. The molecule has 24 heavy (non-hydrogen) atoms. The molecule has 1 atom stereocenters. The fourth-order valence-electron chi connectivity index (χ4n) is 2.68. The summed E-state index contributed by atoms with van der Waals surface area (Å²) in [6.45, 7) is 1.54. The molecule has 0 fully saturated rings. The van der Waals surface area contributed by atoms with Crippen molar-refractivity contribution in [2.45, 2.75) is 12.5 Å². The summed E-state index contributed by atoms with van der Waals surface area (Å²) >= 11 is 0. The number of nitrogens with zero attached hydrogens (tertiary/aromatic N) is 1. The van der Waals surface area contributed by atoms with E-state index in [1.165, 1.54) is 0 Å². The molecule has 0 aliphatic carbocycles. The summed E-state index contributed by atoms with van der Waals surface area (Å²) in [6.07, 6.45) is 0.244. The maximum absolute atomic E-state index is 12.6. The van der Waals surface area contributed by atoms with Crippen molar-refractivity contribution in [2.75, 3.05) is 31.6 Å². The molecule has 1 N–H and O–H groups in total. The summed E-state index contributed by atoms with van der Waals surface area (Å²) in [5.41, 5.74) is 0.876. The van der Waals surface area contributed by atoms with Crippen molar-refractivity contribution in [1.82, 2.24) is 5.32 Å². The first kappa shape index (κ1) is 16.3. The van der Waals surface area contributed by atoms with Crippen LogP contribution in [0.15, 0.2) is 54.6 Å². The maximum atomic E-state index is 12.6. The van der Waals surface area contributed by atoms with Gasteiger partial charge in [-0.15, -0.1) is 0 Å². The molecule has 1 unspecified atom stereocenters. The Balaban J connectivity index is 1.74. The SMILES string of the molecule is CNCCC(=O)N(CC1COc2ccccc2O1)c1ccccc1. The molecule has 0 spiro atoms. The zero-order valence-electron chi connectivity index (χ0n) is 13.8. The van der Waals surface area contributed by atoms with Crippen LogP contribution in [-0.2, 0) is 4.79 Å². The van der Waals surface area contributed by atoms with E-state index < -0.39 is 0 Å². The largest absolute Gasteiger partial charge is 0.486 e. The number of anilines is 1. The van der Waals surface area contributed by atoms with Crippen LogP contribution in [0.1, 0.15) is 6.42 Å². The molecule has 2 aromatic rings. The van der Waals surface area contributed by atoms with Crippen molar-refractivity contribution in [3.63, 3.8) is 0 Å². The zero-order valence-corrected chi connectivity index (χ0v) is 13.8. The van der Waals surface area contributed by atoms with Gasteiger partial charge in [-0.25, -0.2) is 0 Å². The minimum atomic E-state index is -0.196. The molecule has 0 saturated carbocycles. The van der Waals surface area contributed by atoms with Gasteiger partial charge in [-0.05, 0) is 31.3 Å². The molecule has 0 saturated heterocycles. The van der Waals surface area contributed by atoms with Crippen LogP contribution in [0.25, 0.3) is 0 Å². The fraction of sp³-hybridized carbons (Fsp3) is 0.316. The number of nitrogens with one attached hydrogen (secondary N) is 1. The first-order chi connectivity index (χ1) is 11.8. The number of amides is 1. The third kappa shape index (κ3) is 3.86. The lowest BCUT2D eigenvalue weighted by Gasteiger charge is -2.31. The van der Waals surface area contributed by atoms with Crippen LogP contribution in [0.2, 0.25) is 0 Å². The normalized spacial score (nSPS) is 15.8. The van der Waals surface area contributed by atoms with Gasteiger partial charge in [0.1, 0.15) is 6.61 Å². The smallest absolute Gasteiger partial charge is 0.228 e. The summed E-state index contributed by atoms with van der Waals surface area (Å²) in [6, 6.07) is 17.3. The van der Waals surface area contributed by atoms with E-state index in [0.717, 1.165) is 17.2 Å². The van der Waals surface area contributed by atoms with Crippen LogP contribution < -0.4 is 19.7 Å². The van der Waals surface area contributed by atoms with Gasteiger partial charge in [0.2, 0.25) is 5.91 Å². The number of hydrogen-bond acceptors (Lipinski definition) is 4. The van der Waals surface area contributed by atoms with Gasteiger partial charge in [0.15, 0.2) is 17.6 Å². The second kappa shape index (κ2) is 7.84. The molecule has 1 amide bonds.